The Hall–Kier alpha value is -1.47. The Morgan fingerprint density at radius 3 is 2.68 bits per heavy atom. The van der Waals surface area contributed by atoms with Gasteiger partial charge in [-0.3, -0.25) is 0 Å². The molecule has 0 aliphatic rings. The van der Waals surface area contributed by atoms with Crippen molar-refractivity contribution in [3.05, 3.63) is 63.1 Å². The van der Waals surface area contributed by atoms with Gasteiger partial charge in [0, 0.05) is 23.7 Å². The predicted octanol–water partition coefficient (Wildman–Crippen LogP) is 5.70. The maximum atomic E-state index is 11.9. The van der Waals surface area contributed by atoms with E-state index in [1.807, 2.05) is 31.2 Å². The van der Waals surface area contributed by atoms with E-state index in [1.54, 1.807) is 30.8 Å². The number of benzene rings is 2. The number of anilines is 1. The first-order valence-electron chi connectivity index (χ1n) is 8.75. The maximum Gasteiger partial charge on any atom is 0.338 e. The van der Waals surface area contributed by atoms with E-state index in [1.165, 1.54) is 0 Å². The molecule has 0 atom stereocenters. The van der Waals surface area contributed by atoms with Crippen molar-refractivity contribution < 1.29 is 9.53 Å². The Balaban J connectivity index is 1.77. The molecular formula is C20H22Cl2N2O2S2. The van der Waals surface area contributed by atoms with Crippen LogP contribution in [0.2, 0.25) is 10.0 Å². The SMILES string of the molecule is CCOC(=O)c1ccc(C)c(NC(=S)NCCSCc2ccc(Cl)c(Cl)c2)c1. The van der Waals surface area contributed by atoms with E-state index in [2.05, 4.69) is 10.6 Å². The zero-order chi connectivity index (χ0) is 20.5. The van der Waals surface area contributed by atoms with Crippen LogP contribution >= 0.6 is 47.2 Å². The number of thioether (sulfide) groups is 1. The van der Waals surface area contributed by atoms with Crippen LogP contribution in [-0.2, 0) is 10.5 Å². The second kappa shape index (κ2) is 11.5. The average Bonchev–Trinajstić information content (AvgIpc) is 2.66. The summed E-state index contributed by atoms with van der Waals surface area (Å²) in [5.74, 6) is 1.38. The summed E-state index contributed by atoms with van der Waals surface area (Å²) in [7, 11) is 0. The van der Waals surface area contributed by atoms with Crippen molar-refractivity contribution in [3.8, 4) is 0 Å². The van der Waals surface area contributed by atoms with Gasteiger partial charge in [-0.2, -0.15) is 11.8 Å². The van der Waals surface area contributed by atoms with Gasteiger partial charge in [-0.25, -0.2) is 4.79 Å². The molecule has 0 radical (unpaired) electrons. The predicted molar refractivity (Wildman–Crippen MR) is 124 cm³/mol. The van der Waals surface area contributed by atoms with Gasteiger partial charge in [0.25, 0.3) is 0 Å². The molecule has 0 unspecified atom stereocenters. The summed E-state index contributed by atoms with van der Waals surface area (Å²) >= 11 is 19.1. The van der Waals surface area contributed by atoms with Gasteiger partial charge >= 0.3 is 5.97 Å². The van der Waals surface area contributed by atoms with E-state index in [9.17, 15) is 4.79 Å². The Bertz CT molecular complexity index is 847. The van der Waals surface area contributed by atoms with Crippen LogP contribution in [0.1, 0.15) is 28.4 Å². The van der Waals surface area contributed by atoms with Crippen LogP contribution in [0.3, 0.4) is 0 Å². The molecule has 150 valence electrons. The van der Waals surface area contributed by atoms with Gasteiger partial charge in [-0.15, -0.1) is 0 Å². The third kappa shape index (κ3) is 7.17. The second-order valence-corrected chi connectivity index (χ2v) is 8.26. The lowest BCUT2D eigenvalue weighted by atomic mass is 10.1. The lowest BCUT2D eigenvalue weighted by Gasteiger charge is -2.13. The van der Waals surface area contributed by atoms with Crippen molar-refractivity contribution in [2.45, 2.75) is 19.6 Å². The average molecular weight is 457 g/mol. The Morgan fingerprint density at radius 2 is 1.96 bits per heavy atom. The smallest absolute Gasteiger partial charge is 0.338 e. The van der Waals surface area contributed by atoms with Crippen LogP contribution in [-0.4, -0.2) is 30.0 Å². The van der Waals surface area contributed by atoms with Gasteiger partial charge in [0.1, 0.15) is 0 Å². The highest BCUT2D eigenvalue weighted by atomic mass is 35.5. The first-order chi connectivity index (χ1) is 13.4. The van der Waals surface area contributed by atoms with E-state index < -0.39 is 0 Å². The lowest BCUT2D eigenvalue weighted by molar-refractivity contribution is 0.0526. The van der Waals surface area contributed by atoms with Gasteiger partial charge in [-0.05, 0) is 61.5 Å². The number of carbonyl (C=O) groups is 1. The van der Waals surface area contributed by atoms with Gasteiger partial charge in [0.15, 0.2) is 5.11 Å². The number of carbonyl (C=O) groups excluding carboxylic acids is 1. The molecule has 2 rings (SSSR count). The lowest BCUT2D eigenvalue weighted by Crippen LogP contribution is -2.30. The topological polar surface area (TPSA) is 50.4 Å². The summed E-state index contributed by atoms with van der Waals surface area (Å²) in [4.78, 5) is 11.9. The Labute approximate surface area is 185 Å². The summed E-state index contributed by atoms with van der Waals surface area (Å²) in [5, 5.41) is 7.97. The van der Waals surface area contributed by atoms with Crippen LogP contribution in [0, 0.1) is 6.92 Å². The fraction of sp³-hybridized carbons (Fsp3) is 0.300. The van der Waals surface area contributed by atoms with Gasteiger partial charge in [-0.1, -0.05) is 35.3 Å². The van der Waals surface area contributed by atoms with Crippen molar-refractivity contribution in [2.75, 3.05) is 24.2 Å². The van der Waals surface area contributed by atoms with Crippen molar-refractivity contribution >= 4 is 64.0 Å². The zero-order valence-corrected chi connectivity index (χ0v) is 18.8. The highest BCUT2D eigenvalue weighted by molar-refractivity contribution is 7.98. The van der Waals surface area contributed by atoms with Crippen LogP contribution in [0.15, 0.2) is 36.4 Å². The first kappa shape index (κ1) is 22.8. The van der Waals surface area contributed by atoms with Gasteiger partial charge in [0.05, 0.1) is 22.2 Å². The maximum absolute atomic E-state index is 11.9. The number of hydrogen-bond donors (Lipinski definition) is 2. The minimum absolute atomic E-state index is 0.343. The van der Waals surface area contributed by atoms with Crippen LogP contribution in [0.5, 0.6) is 0 Å². The number of rotatable bonds is 8. The number of nitrogens with one attached hydrogen (secondary N) is 2. The molecule has 0 heterocycles. The molecule has 0 aliphatic heterocycles. The molecular weight excluding hydrogens is 435 g/mol. The molecule has 0 amide bonds. The van der Waals surface area contributed by atoms with Crippen molar-refractivity contribution in [1.82, 2.24) is 5.32 Å². The first-order valence-corrected chi connectivity index (χ1v) is 11.1. The van der Waals surface area contributed by atoms with Gasteiger partial charge < -0.3 is 15.4 Å². The molecule has 0 saturated carbocycles. The minimum Gasteiger partial charge on any atom is -0.462 e. The number of hydrogen-bond acceptors (Lipinski definition) is 4. The summed E-state index contributed by atoms with van der Waals surface area (Å²) in [5.41, 5.74) is 3.40. The summed E-state index contributed by atoms with van der Waals surface area (Å²) in [6.45, 7) is 4.79. The quantitative estimate of drug-likeness (QED) is 0.301. The van der Waals surface area contributed by atoms with E-state index in [0.717, 1.165) is 28.3 Å². The second-order valence-electron chi connectivity index (χ2n) is 5.93. The Morgan fingerprint density at radius 1 is 1.18 bits per heavy atom. The van der Waals surface area contributed by atoms with E-state index in [0.29, 0.717) is 33.9 Å². The number of halogens is 2. The van der Waals surface area contributed by atoms with Gasteiger partial charge in [0.2, 0.25) is 0 Å². The molecule has 0 spiro atoms. The minimum atomic E-state index is -0.344. The standard InChI is InChI=1S/C20H22Cl2N2O2S2/c1-3-26-19(25)15-6-4-13(2)18(11-15)24-20(27)23-8-9-28-12-14-5-7-16(21)17(22)10-14/h4-7,10-11H,3,8-9,12H2,1-2H3,(H2,23,24,27). The Kier molecular flexibility index (Phi) is 9.38. The molecule has 0 aromatic heterocycles. The summed E-state index contributed by atoms with van der Waals surface area (Å²) < 4.78 is 5.04. The molecule has 8 heteroatoms. The monoisotopic (exact) mass is 456 g/mol. The van der Waals surface area contributed by atoms with Crippen LogP contribution < -0.4 is 10.6 Å². The molecule has 2 aromatic rings. The number of esters is 1. The highest BCUT2D eigenvalue weighted by Gasteiger charge is 2.09. The van der Waals surface area contributed by atoms with E-state index in [4.69, 9.17) is 40.2 Å². The third-order valence-corrected chi connectivity index (χ3v) is 5.80. The van der Waals surface area contributed by atoms with E-state index >= 15 is 0 Å². The normalized spacial score (nSPS) is 10.4. The number of ether oxygens (including phenoxy) is 1. The third-order valence-electron chi connectivity index (χ3n) is 3.78. The van der Waals surface area contributed by atoms with Crippen molar-refractivity contribution in [2.24, 2.45) is 0 Å². The molecule has 2 aromatic carbocycles. The molecule has 4 nitrogen and oxygen atoms in total. The molecule has 28 heavy (non-hydrogen) atoms. The molecule has 2 N–H and O–H groups in total. The fourth-order valence-corrected chi connectivity index (χ4v) is 3.66. The molecule has 0 saturated heterocycles. The van der Waals surface area contributed by atoms with Crippen molar-refractivity contribution in [1.29, 1.82) is 0 Å². The molecule has 0 fully saturated rings. The highest BCUT2D eigenvalue weighted by Crippen LogP contribution is 2.24. The molecule has 0 bridgehead atoms. The number of thiocarbonyl (C=S) groups is 1. The zero-order valence-electron chi connectivity index (χ0n) is 15.7. The van der Waals surface area contributed by atoms with Crippen LogP contribution in [0.4, 0.5) is 5.69 Å². The summed E-state index contributed by atoms with van der Waals surface area (Å²) in [6, 6.07) is 11.0. The molecule has 0 aliphatic carbocycles. The van der Waals surface area contributed by atoms with Crippen LogP contribution in [0.25, 0.3) is 0 Å². The van der Waals surface area contributed by atoms with Crippen molar-refractivity contribution in [3.63, 3.8) is 0 Å². The summed E-state index contributed by atoms with van der Waals surface area (Å²) in [6.07, 6.45) is 0. The number of aryl methyl sites for hydroxylation is 1. The van der Waals surface area contributed by atoms with E-state index in [-0.39, 0.29) is 5.97 Å². The largest absolute Gasteiger partial charge is 0.462 e. The fourth-order valence-electron chi connectivity index (χ4n) is 2.32.